The Balaban J connectivity index is 1.50. The molecule has 30 heavy (non-hydrogen) atoms. The van der Waals surface area contributed by atoms with Crippen molar-refractivity contribution in [2.24, 2.45) is 0 Å². The number of pyridine rings is 1. The monoisotopic (exact) mass is 440 g/mol. The van der Waals surface area contributed by atoms with Gasteiger partial charge in [-0.05, 0) is 37.3 Å². The van der Waals surface area contributed by atoms with Gasteiger partial charge in [-0.3, -0.25) is 19.9 Å². The maximum Gasteiger partial charge on any atom is 0.259 e. The van der Waals surface area contributed by atoms with Crippen molar-refractivity contribution < 1.29 is 14.0 Å². The van der Waals surface area contributed by atoms with Crippen LogP contribution in [0.4, 0.5) is 9.52 Å². The number of amides is 2. The topological polar surface area (TPSA) is 84.0 Å². The standard InChI is InChI=1S/C21H17FN4O2S2/c1-11-16(7-13-3-4-14(22)8-17(13)24-11)20(28)26-21-25-18(10-29-21)19-6-5-15(30-19)9-23-12(2)27/h3-8,10H,9H2,1-2H3,(H,23,27)(H,25,26,28). The summed E-state index contributed by atoms with van der Waals surface area (Å²) in [6, 6.07) is 9.88. The maximum absolute atomic E-state index is 13.4. The highest BCUT2D eigenvalue weighted by Gasteiger charge is 2.15. The molecule has 0 radical (unpaired) electrons. The number of nitrogens with zero attached hydrogens (tertiary/aromatic N) is 2. The molecule has 0 spiro atoms. The van der Waals surface area contributed by atoms with Gasteiger partial charge in [0.1, 0.15) is 5.82 Å². The quantitative estimate of drug-likeness (QED) is 0.469. The van der Waals surface area contributed by atoms with Gasteiger partial charge in [0.25, 0.3) is 5.91 Å². The van der Waals surface area contributed by atoms with Gasteiger partial charge < -0.3 is 5.32 Å². The van der Waals surface area contributed by atoms with Gasteiger partial charge in [0.2, 0.25) is 5.91 Å². The van der Waals surface area contributed by atoms with Crippen LogP contribution in [0.25, 0.3) is 21.5 Å². The number of aryl methyl sites for hydroxylation is 1. The largest absolute Gasteiger partial charge is 0.351 e. The molecule has 0 saturated heterocycles. The molecule has 3 aromatic heterocycles. The second-order valence-corrected chi connectivity index (χ2v) is 8.65. The van der Waals surface area contributed by atoms with Gasteiger partial charge in [0.15, 0.2) is 5.13 Å². The van der Waals surface area contributed by atoms with E-state index in [1.807, 2.05) is 17.5 Å². The average molecular weight is 441 g/mol. The van der Waals surface area contributed by atoms with Crippen LogP contribution in [0.2, 0.25) is 0 Å². The zero-order valence-electron chi connectivity index (χ0n) is 16.2. The van der Waals surface area contributed by atoms with E-state index in [9.17, 15) is 14.0 Å². The van der Waals surface area contributed by atoms with E-state index in [0.29, 0.717) is 33.8 Å². The zero-order chi connectivity index (χ0) is 21.3. The summed E-state index contributed by atoms with van der Waals surface area (Å²) in [7, 11) is 0. The molecular formula is C21H17FN4O2S2. The van der Waals surface area contributed by atoms with Gasteiger partial charge >= 0.3 is 0 Å². The molecule has 1 aromatic carbocycles. The Morgan fingerprint density at radius 1 is 1.13 bits per heavy atom. The van der Waals surface area contributed by atoms with Crippen molar-refractivity contribution >= 4 is 50.5 Å². The summed E-state index contributed by atoms with van der Waals surface area (Å²) in [5.41, 5.74) is 2.20. The molecule has 0 unspecified atom stereocenters. The highest BCUT2D eigenvalue weighted by Crippen LogP contribution is 2.31. The predicted molar refractivity (Wildman–Crippen MR) is 117 cm³/mol. The normalized spacial score (nSPS) is 10.9. The second kappa shape index (κ2) is 8.29. The van der Waals surface area contributed by atoms with E-state index in [4.69, 9.17) is 0 Å². The highest BCUT2D eigenvalue weighted by molar-refractivity contribution is 7.17. The van der Waals surface area contributed by atoms with E-state index in [-0.39, 0.29) is 17.6 Å². The van der Waals surface area contributed by atoms with Gasteiger partial charge in [0.05, 0.1) is 33.9 Å². The first kappa shape index (κ1) is 20.1. The SMILES string of the molecule is CC(=O)NCc1ccc(-c2csc(NC(=O)c3cc4ccc(F)cc4nc3C)n2)s1. The minimum Gasteiger partial charge on any atom is -0.351 e. The molecule has 2 N–H and O–H groups in total. The molecule has 0 aliphatic rings. The third-order valence-electron chi connectivity index (χ3n) is 4.37. The number of halogens is 1. The number of benzene rings is 1. The molecule has 0 aliphatic heterocycles. The van der Waals surface area contributed by atoms with Crippen LogP contribution in [0.1, 0.15) is 27.9 Å². The molecule has 0 atom stereocenters. The van der Waals surface area contributed by atoms with Gasteiger partial charge in [0, 0.05) is 28.6 Å². The Labute approximate surface area is 179 Å². The fraction of sp³-hybridized carbons (Fsp3) is 0.143. The van der Waals surface area contributed by atoms with Crippen LogP contribution in [-0.4, -0.2) is 21.8 Å². The number of hydrogen-bond donors (Lipinski definition) is 2. The van der Waals surface area contributed by atoms with E-state index in [0.717, 1.165) is 15.4 Å². The van der Waals surface area contributed by atoms with Crippen LogP contribution in [0.15, 0.2) is 41.8 Å². The highest BCUT2D eigenvalue weighted by atomic mass is 32.1. The van der Waals surface area contributed by atoms with Crippen LogP contribution >= 0.6 is 22.7 Å². The third-order valence-corrected chi connectivity index (χ3v) is 6.23. The number of carbonyl (C=O) groups is 2. The van der Waals surface area contributed by atoms with Gasteiger partial charge in [-0.2, -0.15) is 0 Å². The smallest absolute Gasteiger partial charge is 0.259 e. The Morgan fingerprint density at radius 3 is 2.77 bits per heavy atom. The third kappa shape index (κ3) is 4.37. The molecule has 4 aromatic rings. The molecule has 0 aliphatic carbocycles. The molecule has 152 valence electrons. The van der Waals surface area contributed by atoms with Gasteiger partial charge in [-0.1, -0.05) is 0 Å². The van der Waals surface area contributed by atoms with Crippen molar-refractivity contribution in [3.63, 3.8) is 0 Å². The minimum atomic E-state index is -0.365. The van der Waals surface area contributed by atoms with E-state index in [2.05, 4.69) is 20.6 Å². The first-order valence-electron chi connectivity index (χ1n) is 9.06. The number of fused-ring (bicyclic) bond motifs is 1. The lowest BCUT2D eigenvalue weighted by molar-refractivity contribution is -0.119. The maximum atomic E-state index is 13.4. The number of anilines is 1. The van der Waals surface area contributed by atoms with E-state index < -0.39 is 0 Å². The van der Waals surface area contributed by atoms with Crippen LogP contribution in [0, 0.1) is 12.7 Å². The Hall–Kier alpha value is -3.17. The number of carbonyl (C=O) groups excluding carboxylic acids is 2. The summed E-state index contributed by atoms with van der Waals surface area (Å²) in [6.07, 6.45) is 0. The van der Waals surface area contributed by atoms with Gasteiger partial charge in [-0.25, -0.2) is 9.37 Å². The Morgan fingerprint density at radius 2 is 1.97 bits per heavy atom. The van der Waals surface area contributed by atoms with Crippen molar-refractivity contribution in [3.05, 3.63) is 63.7 Å². The Bertz CT molecular complexity index is 1270. The first-order valence-corrected chi connectivity index (χ1v) is 10.8. The van der Waals surface area contributed by atoms with Crippen molar-refractivity contribution in [2.75, 3.05) is 5.32 Å². The number of aromatic nitrogens is 2. The molecule has 3 heterocycles. The molecule has 0 saturated carbocycles. The van der Waals surface area contributed by atoms with Crippen LogP contribution in [0.5, 0.6) is 0 Å². The molecule has 6 nitrogen and oxygen atoms in total. The van der Waals surface area contributed by atoms with E-state index >= 15 is 0 Å². The summed E-state index contributed by atoms with van der Waals surface area (Å²) < 4.78 is 13.4. The number of rotatable bonds is 5. The van der Waals surface area contributed by atoms with Crippen molar-refractivity contribution in [1.82, 2.24) is 15.3 Å². The fourth-order valence-electron chi connectivity index (χ4n) is 2.90. The van der Waals surface area contributed by atoms with Crippen molar-refractivity contribution in [1.29, 1.82) is 0 Å². The average Bonchev–Trinajstić information content (AvgIpc) is 3.35. The summed E-state index contributed by atoms with van der Waals surface area (Å²) in [4.78, 5) is 34.6. The summed E-state index contributed by atoms with van der Waals surface area (Å²) in [6.45, 7) is 3.68. The number of thiazole rings is 1. The number of hydrogen-bond acceptors (Lipinski definition) is 6. The lowest BCUT2D eigenvalue weighted by Crippen LogP contribution is -2.17. The summed E-state index contributed by atoms with van der Waals surface area (Å²) in [5.74, 6) is -0.757. The van der Waals surface area contributed by atoms with Gasteiger partial charge in [-0.15, -0.1) is 22.7 Å². The number of nitrogens with one attached hydrogen (secondary N) is 2. The molecule has 0 bridgehead atoms. The molecular weight excluding hydrogens is 423 g/mol. The van der Waals surface area contributed by atoms with Crippen LogP contribution < -0.4 is 10.6 Å². The summed E-state index contributed by atoms with van der Waals surface area (Å²) >= 11 is 2.87. The zero-order valence-corrected chi connectivity index (χ0v) is 17.8. The predicted octanol–water partition coefficient (Wildman–Crippen LogP) is 4.76. The molecule has 0 fully saturated rings. The molecule has 9 heteroatoms. The minimum absolute atomic E-state index is 0.0767. The fourth-order valence-corrected chi connectivity index (χ4v) is 4.59. The molecule has 2 amide bonds. The lowest BCUT2D eigenvalue weighted by atomic mass is 10.1. The second-order valence-electron chi connectivity index (χ2n) is 6.63. The van der Waals surface area contributed by atoms with E-state index in [1.54, 1.807) is 19.1 Å². The summed E-state index contributed by atoms with van der Waals surface area (Å²) in [5, 5.41) is 8.62. The van der Waals surface area contributed by atoms with Crippen molar-refractivity contribution in [2.45, 2.75) is 20.4 Å². The molecule has 4 rings (SSSR count). The Kier molecular flexibility index (Phi) is 5.56. The van der Waals surface area contributed by atoms with Crippen LogP contribution in [0.3, 0.4) is 0 Å². The van der Waals surface area contributed by atoms with E-state index in [1.165, 1.54) is 41.7 Å². The lowest BCUT2D eigenvalue weighted by Gasteiger charge is -2.07. The van der Waals surface area contributed by atoms with Crippen molar-refractivity contribution in [3.8, 4) is 10.6 Å². The van der Waals surface area contributed by atoms with Crippen LogP contribution in [-0.2, 0) is 11.3 Å². The first-order chi connectivity index (χ1) is 14.4. The number of thiophene rings is 1.